The average Bonchev–Trinajstić information content (AvgIpc) is 2.67. The van der Waals surface area contributed by atoms with Gasteiger partial charge in [0.05, 0.1) is 0 Å². The van der Waals surface area contributed by atoms with E-state index < -0.39 is 11.5 Å². The maximum atomic E-state index is 12.9. The molecule has 1 aromatic carbocycles. The molecule has 1 aromatic heterocycles. The Labute approximate surface area is 176 Å². The number of nitrogens with zero attached hydrogens (tertiary/aromatic N) is 1. The summed E-state index contributed by atoms with van der Waals surface area (Å²) in [6.07, 6.45) is 2.92. The summed E-state index contributed by atoms with van der Waals surface area (Å²) in [5.74, 6) is -0.415. The molecule has 30 heavy (non-hydrogen) atoms. The second-order valence-corrected chi connectivity index (χ2v) is 9.38. The number of amides is 1. The van der Waals surface area contributed by atoms with Crippen molar-refractivity contribution in [1.82, 2.24) is 15.2 Å². The summed E-state index contributed by atoms with van der Waals surface area (Å²) in [7, 11) is 0. The molecule has 0 spiro atoms. The highest BCUT2D eigenvalue weighted by Gasteiger charge is 2.33. The molecule has 1 fully saturated rings. The Morgan fingerprint density at radius 2 is 1.97 bits per heavy atom. The van der Waals surface area contributed by atoms with Gasteiger partial charge in [-0.05, 0) is 42.9 Å². The van der Waals surface area contributed by atoms with E-state index in [4.69, 9.17) is 0 Å². The van der Waals surface area contributed by atoms with Gasteiger partial charge in [0, 0.05) is 36.8 Å². The summed E-state index contributed by atoms with van der Waals surface area (Å²) in [6.45, 7) is 6.60. The number of nitrogens with one attached hydrogen (secondary N) is 2. The highest BCUT2D eigenvalue weighted by Crippen LogP contribution is 2.33. The minimum Gasteiger partial charge on any atom is -0.348 e. The second kappa shape index (κ2) is 8.19. The Morgan fingerprint density at radius 3 is 2.73 bits per heavy atom. The minimum atomic E-state index is -0.422. The standard InChI is InChI=1S/C24H29N3O3/c1-24(2)12-20-18(21(28)13-24)11-19(23(30)26-20)22(29)25-17-9-6-10-27(15-17)14-16-7-4-3-5-8-16/h3-5,7-8,11,17H,6,9-10,12-15H2,1-2H3,(H,25,29)(H,26,30). The van der Waals surface area contributed by atoms with Gasteiger partial charge in [-0.3, -0.25) is 19.3 Å². The van der Waals surface area contributed by atoms with Crippen LogP contribution in [-0.2, 0) is 13.0 Å². The molecule has 4 rings (SSSR count). The predicted molar refractivity (Wildman–Crippen MR) is 116 cm³/mol. The Hall–Kier alpha value is -2.73. The molecule has 2 heterocycles. The van der Waals surface area contributed by atoms with Crippen LogP contribution in [0.1, 0.15) is 65.1 Å². The molecular weight excluding hydrogens is 378 g/mol. The van der Waals surface area contributed by atoms with Crippen LogP contribution in [0.3, 0.4) is 0 Å². The zero-order chi connectivity index (χ0) is 21.3. The lowest BCUT2D eigenvalue weighted by molar-refractivity contribution is 0.0899. The van der Waals surface area contributed by atoms with Crippen LogP contribution in [0.2, 0.25) is 0 Å². The molecule has 1 atom stereocenters. The van der Waals surface area contributed by atoms with Gasteiger partial charge in [-0.25, -0.2) is 0 Å². The van der Waals surface area contributed by atoms with E-state index in [1.807, 2.05) is 32.0 Å². The number of carbonyl (C=O) groups excluding carboxylic acids is 2. The number of fused-ring (bicyclic) bond motifs is 1. The van der Waals surface area contributed by atoms with Crippen molar-refractivity contribution in [3.63, 3.8) is 0 Å². The maximum Gasteiger partial charge on any atom is 0.261 e. The highest BCUT2D eigenvalue weighted by molar-refractivity contribution is 6.02. The molecular formula is C24H29N3O3. The largest absolute Gasteiger partial charge is 0.348 e. The van der Waals surface area contributed by atoms with Crippen LogP contribution in [0.4, 0.5) is 0 Å². The number of piperidine rings is 1. The molecule has 1 aliphatic heterocycles. The number of aromatic amines is 1. The molecule has 2 aliphatic rings. The molecule has 6 nitrogen and oxygen atoms in total. The topological polar surface area (TPSA) is 82.3 Å². The number of ketones is 1. The van der Waals surface area contributed by atoms with Crippen molar-refractivity contribution < 1.29 is 9.59 Å². The third-order valence-corrected chi connectivity index (χ3v) is 6.05. The minimum absolute atomic E-state index is 0.0139. The fourth-order valence-corrected chi connectivity index (χ4v) is 4.62. The van der Waals surface area contributed by atoms with E-state index in [1.54, 1.807) is 0 Å². The van der Waals surface area contributed by atoms with E-state index in [1.165, 1.54) is 11.6 Å². The summed E-state index contributed by atoms with van der Waals surface area (Å²) >= 11 is 0. The number of likely N-dealkylation sites (tertiary alicyclic amines) is 1. The van der Waals surface area contributed by atoms with Crippen LogP contribution >= 0.6 is 0 Å². The molecule has 2 aromatic rings. The number of hydrogen-bond donors (Lipinski definition) is 2. The molecule has 0 bridgehead atoms. The van der Waals surface area contributed by atoms with Gasteiger partial charge >= 0.3 is 0 Å². The van der Waals surface area contributed by atoms with Gasteiger partial charge in [0.2, 0.25) is 0 Å². The lowest BCUT2D eigenvalue weighted by atomic mass is 9.75. The normalized spacial score (nSPS) is 21.1. The fourth-order valence-electron chi connectivity index (χ4n) is 4.62. The second-order valence-electron chi connectivity index (χ2n) is 9.38. The molecule has 158 valence electrons. The van der Waals surface area contributed by atoms with Crippen LogP contribution in [-0.4, -0.2) is 40.7 Å². The Bertz CT molecular complexity index is 1010. The lowest BCUT2D eigenvalue weighted by Crippen LogP contribution is -2.48. The van der Waals surface area contributed by atoms with Gasteiger partial charge in [0.25, 0.3) is 11.5 Å². The zero-order valence-electron chi connectivity index (χ0n) is 17.7. The molecule has 1 unspecified atom stereocenters. The number of carbonyl (C=O) groups is 2. The fraction of sp³-hybridized carbons (Fsp3) is 0.458. The van der Waals surface area contributed by atoms with Gasteiger partial charge in [-0.15, -0.1) is 0 Å². The molecule has 2 N–H and O–H groups in total. The Balaban J connectivity index is 1.46. The highest BCUT2D eigenvalue weighted by atomic mass is 16.2. The summed E-state index contributed by atoms with van der Waals surface area (Å²) in [6, 6.07) is 11.8. The van der Waals surface area contributed by atoms with E-state index in [9.17, 15) is 14.4 Å². The van der Waals surface area contributed by atoms with Crippen LogP contribution in [0.25, 0.3) is 0 Å². The number of Topliss-reactive ketones (excluding diaryl/α,β-unsaturated/α-hetero) is 1. The average molecular weight is 408 g/mol. The van der Waals surface area contributed by atoms with Crippen molar-refractivity contribution in [2.24, 2.45) is 5.41 Å². The van der Waals surface area contributed by atoms with E-state index in [0.717, 1.165) is 32.5 Å². The lowest BCUT2D eigenvalue weighted by Gasteiger charge is -2.33. The van der Waals surface area contributed by atoms with Gasteiger partial charge in [-0.2, -0.15) is 0 Å². The van der Waals surface area contributed by atoms with E-state index in [0.29, 0.717) is 24.1 Å². The van der Waals surface area contributed by atoms with Gasteiger partial charge in [0.15, 0.2) is 5.78 Å². The van der Waals surface area contributed by atoms with Gasteiger partial charge in [0.1, 0.15) is 5.56 Å². The number of H-pyrrole nitrogens is 1. The number of hydrogen-bond acceptors (Lipinski definition) is 4. The first kappa shape index (κ1) is 20.5. The quantitative estimate of drug-likeness (QED) is 0.816. The van der Waals surface area contributed by atoms with Crippen LogP contribution in [0.5, 0.6) is 0 Å². The van der Waals surface area contributed by atoms with Gasteiger partial charge < -0.3 is 10.3 Å². The van der Waals surface area contributed by atoms with Crippen molar-refractivity contribution in [2.45, 2.75) is 52.1 Å². The molecule has 1 amide bonds. The van der Waals surface area contributed by atoms with Crippen LogP contribution in [0.15, 0.2) is 41.2 Å². The maximum absolute atomic E-state index is 12.9. The number of pyridine rings is 1. The van der Waals surface area contributed by atoms with Crippen molar-refractivity contribution in [3.05, 3.63) is 69.1 Å². The Morgan fingerprint density at radius 1 is 1.20 bits per heavy atom. The third kappa shape index (κ3) is 4.54. The van der Waals surface area contributed by atoms with E-state index >= 15 is 0 Å². The molecule has 1 saturated heterocycles. The van der Waals surface area contributed by atoms with Crippen molar-refractivity contribution in [3.8, 4) is 0 Å². The van der Waals surface area contributed by atoms with E-state index in [-0.39, 0.29) is 22.8 Å². The van der Waals surface area contributed by atoms with Gasteiger partial charge in [-0.1, -0.05) is 44.2 Å². The first-order valence-electron chi connectivity index (χ1n) is 10.7. The number of rotatable bonds is 4. The van der Waals surface area contributed by atoms with Crippen LogP contribution < -0.4 is 10.9 Å². The summed E-state index contributed by atoms with van der Waals surface area (Å²) in [4.78, 5) is 43.1. The summed E-state index contributed by atoms with van der Waals surface area (Å²) in [5, 5.41) is 3.02. The van der Waals surface area contributed by atoms with Crippen molar-refractivity contribution in [2.75, 3.05) is 13.1 Å². The first-order valence-corrected chi connectivity index (χ1v) is 10.7. The molecule has 0 saturated carbocycles. The molecule has 0 radical (unpaired) electrons. The van der Waals surface area contributed by atoms with Crippen molar-refractivity contribution >= 4 is 11.7 Å². The smallest absolute Gasteiger partial charge is 0.261 e. The zero-order valence-corrected chi connectivity index (χ0v) is 17.7. The predicted octanol–water partition coefficient (Wildman–Crippen LogP) is 2.92. The molecule has 1 aliphatic carbocycles. The monoisotopic (exact) mass is 407 g/mol. The SMILES string of the molecule is CC1(C)CC(=O)c2cc(C(=O)NC3CCCN(Cc4ccccc4)C3)c(=O)[nH]c2C1. The third-order valence-electron chi connectivity index (χ3n) is 6.05. The van der Waals surface area contributed by atoms with E-state index in [2.05, 4.69) is 27.3 Å². The number of aromatic nitrogens is 1. The molecule has 6 heteroatoms. The number of benzene rings is 1. The Kier molecular flexibility index (Phi) is 5.60. The first-order chi connectivity index (χ1) is 14.3. The summed E-state index contributed by atoms with van der Waals surface area (Å²) < 4.78 is 0. The van der Waals surface area contributed by atoms with Crippen molar-refractivity contribution in [1.29, 1.82) is 0 Å². The van der Waals surface area contributed by atoms with Crippen LogP contribution in [0, 0.1) is 5.41 Å². The summed E-state index contributed by atoms with van der Waals surface area (Å²) in [5.41, 5.74) is 1.80.